The summed E-state index contributed by atoms with van der Waals surface area (Å²) >= 11 is 0. The number of pyridine rings is 1. The van der Waals surface area contributed by atoms with E-state index in [1.807, 2.05) is 0 Å². The summed E-state index contributed by atoms with van der Waals surface area (Å²) in [6.07, 6.45) is -3.68. The summed E-state index contributed by atoms with van der Waals surface area (Å²) in [7, 11) is 0. The Balaban J connectivity index is 1.73. The fourth-order valence-corrected chi connectivity index (χ4v) is 3.44. The first-order valence-electron chi connectivity index (χ1n) is 10.0. The van der Waals surface area contributed by atoms with Crippen LogP contribution in [0.15, 0.2) is 53.7 Å². The van der Waals surface area contributed by atoms with E-state index in [-0.39, 0.29) is 22.2 Å². The van der Waals surface area contributed by atoms with Gasteiger partial charge in [0.1, 0.15) is 28.8 Å². The Morgan fingerprint density at radius 3 is 2.36 bits per heavy atom. The van der Waals surface area contributed by atoms with Crippen LogP contribution in [0.25, 0.3) is 10.9 Å². The lowest BCUT2D eigenvalue weighted by molar-refractivity contribution is -0.139. The predicted octanol–water partition coefficient (Wildman–Crippen LogP) is 4.70. The van der Waals surface area contributed by atoms with Crippen LogP contribution in [0.2, 0.25) is 0 Å². The number of ether oxygens (including phenoxy) is 1. The van der Waals surface area contributed by atoms with Crippen molar-refractivity contribution in [2.75, 3.05) is 0 Å². The van der Waals surface area contributed by atoms with Crippen molar-refractivity contribution in [2.45, 2.75) is 19.1 Å². The van der Waals surface area contributed by atoms with Gasteiger partial charge in [-0.05, 0) is 29.8 Å². The average molecular weight is 509 g/mol. The number of nitrogens with zero attached hydrogens (tertiary/aromatic N) is 3. The van der Waals surface area contributed by atoms with Crippen molar-refractivity contribution < 1.29 is 41.0 Å². The Hall–Kier alpha value is -4.42. The van der Waals surface area contributed by atoms with E-state index in [0.717, 1.165) is 18.6 Å². The number of aliphatic carboxylic acids is 1. The molecule has 13 heteroatoms. The summed E-state index contributed by atoms with van der Waals surface area (Å²) < 4.78 is 88.4. The van der Waals surface area contributed by atoms with Crippen molar-refractivity contribution in [3.05, 3.63) is 93.4 Å². The molecule has 0 aliphatic heterocycles. The van der Waals surface area contributed by atoms with E-state index in [1.165, 1.54) is 16.7 Å². The number of alkyl halides is 3. The van der Waals surface area contributed by atoms with E-state index in [1.54, 1.807) is 0 Å². The first kappa shape index (κ1) is 24.7. The Kier molecular flexibility index (Phi) is 6.39. The van der Waals surface area contributed by atoms with E-state index in [2.05, 4.69) is 9.97 Å². The average Bonchev–Trinajstić information content (AvgIpc) is 2.77. The molecule has 0 amide bonds. The van der Waals surface area contributed by atoms with Gasteiger partial charge in [-0.2, -0.15) is 18.2 Å². The molecule has 4 aromatic rings. The number of benzene rings is 2. The number of hydrogen-bond acceptors (Lipinski definition) is 5. The quantitative estimate of drug-likeness (QED) is 0.379. The molecule has 7 nitrogen and oxygen atoms in total. The van der Waals surface area contributed by atoms with Gasteiger partial charge < -0.3 is 14.4 Å². The maximum Gasteiger partial charge on any atom is 0.421 e. The molecule has 0 radical (unpaired) electrons. The van der Waals surface area contributed by atoms with Crippen molar-refractivity contribution in [1.82, 2.24) is 14.5 Å². The zero-order valence-electron chi connectivity index (χ0n) is 17.8. The highest BCUT2D eigenvalue weighted by atomic mass is 19.4. The SMILES string of the molecule is O=C(O)Cc1cnc(Oc2ccc3c(c2)c(=O)ncn3Cc2c(F)cc(F)cc2F)c(C(F)(F)F)c1. The molecule has 0 saturated heterocycles. The minimum Gasteiger partial charge on any atom is -0.481 e. The van der Waals surface area contributed by atoms with Gasteiger partial charge in [0.15, 0.2) is 0 Å². The summed E-state index contributed by atoms with van der Waals surface area (Å²) in [5.41, 5.74) is -2.71. The molecule has 0 saturated carbocycles. The van der Waals surface area contributed by atoms with E-state index < -0.39 is 65.1 Å². The second-order valence-corrected chi connectivity index (χ2v) is 7.57. The summed E-state index contributed by atoms with van der Waals surface area (Å²) in [5, 5.41) is 8.67. The number of aromatic nitrogens is 3. The number of fused-ring (bicyclic) bond motifs is 1. The van der Waals surface area contributed by atoms with Crippen LogP contribution in [0.4, 0.5) is 26.3 Å². The normalized spacial score (nSPS) is 11.6. The van der Waals surface area contributed by atoms with Gasteiger partial charge in [0, 0.05) is 23.9 Å². The fourth-order valence-electron chi connectivity index (χ4n) is 3.44. The molecule has 2 aromatic heterocycles. The van der Waals surface area contributed by atoms with Crippen molar-refractivity contribution in [1.29, 1.82) is 0 Å². The fraction of sp³-hybridized carbons (Fsp3) is 0.130. The molecule has 1 N–H and O–H groups in total. The van der Waals surface area contributed by atoms with Crippen molar-refractivity contribution in [3.63, 3.8) is 0 Å². The Labute approximate surface area is 197 Å². The van der Waals surface area contributed by atoms with Crippen LogP contribution in [-0.4, -0.2) is 25.6 Å². The van der Waals surface area contributed by atoms with Crippen LogP contribution >= 0.6 is 0 Å². The van der Waals surface area contributed by atoms with Crippen LogP contribution in [0, 0.1) is 17.5 Å². The molecule has 2 aromatic carbocycles. The zero-order valence-corrected chi connectivity index (χ0v) is 17.8. The molecular formula is C23H13F6N3O4. The summed E-state index contributed by atoms with van der Waals surface area (Å²) in [6.45, 7) is -0.466. The third-order valence-electron chi connectivity index (χ3n) is 5.04. The molecule has 0 atom stereocenters. The summed E-state index contributed by atoms with van der Waals surface area (Å²) in [5.74, 6) is -5.88. The minimum absolute atomic E-state index is 0.117. The molecule has 0 spiro atoms. The Morgan fingerprint density at radius 2 is 1.72 bits per heavy atom. The van der Waals surface area contributed by atoms with Crippen LogP contribution < -0.4 is 10.3 Å². The van der Waals surface area contributed by atoms with Crippen LogP contribution in [-0.2, 0) is 23.9 Å². The van der Waals surface area contributed by atoms with Gasteiger partial charge >= 0.3 is 12.1 Å². The number of hydrogen-bond donors (Lipinski definition) is 1. The number of carboxylic acids is 1. The highest BCUT2D eigenvalue weighted by Gasteiger charge is 2.36. The highest BCUT2D eigenvalue weighted by Crippen LogP contribution is 2.37. The molecular weight excluding hydrogens is 496 g/mol. The third kappa shape index (κ3) is 5.14. The monoisotopic (exact) mass is 509 g/mol. The lowest BCUT2D eigenvalue weighted by Crippen LogP contribution is -2.15. The topological polar surface area (TPSA) is 94.3 Å². The van der Waals surface area contributed by atoms with E-state index in [4.69, 9.17) is 9.84 Å². The highest BCUT2D eigenvalue weighted by molar-refractivity contribution is 5.79. The zero-order chi connectivity index (χ0) is 26.2. The van der Waals surface area contributed by atoms with Gasteiger partial charge in [-0.1, -0.05) is 0 Å². The number of halogens is 6. The molecule has 0 aliphatic carbocycles. The second-order valence-electron chi connectivity index (χ2n) is 7.57. The molecule has 4 rings (SSSR count). The van der Waals surface area contributed by atoms with E-state index >= 15 is 0 Å². The Bertz CT molecular complexity index is 1530. The van der Waals surface area contributed by atoms with Crippen LogP contribution in [0.1, 0.15) is 16.7 Å². The lowest BCUT2D eigenvalue weighted by atomic mass is 10.1. The smallest absolute Gasteiger partial charge is 0.421 e. The number of carboxylic acid groups (broad SMARTS) is 1. The first-order valence-corrected chi connectivity index (χ1v) is 10.0. The van der Waals surface area contributed by atoms with Crippen molar-refractivity contribution in [3.8, 4) is 11.6 Å². The van der Waals surface area contributed by atoms with E-state index in [9.17, 15) is 35.9 Å². The van der Waals surface area contributed by atoms with E-state index in [0.29, 0.717) is 18.2 Å². The van der Waals surface area contributed by atoms with Gasteiger partial charge in [0.05, 0.1) is 30.2 Å². The molecule has 2 heterocycles. The largest absolute Gasteiger partial charge is 0.481 e. The predicted molar refractivity (Wildman–Crippen MR) is 112 cm³/mol. The second kappa shape index (κ2) is 9.32. The molecule has 36 heavy (non-hydrogen) atoms. The molecule has 0 bridgehead atoms. The first-order chi connectivity index (χ1) is 16.9. The lowest BCUT2D eigenvalue weighted by Gasteiger charge is -2.15. The molecule has 186 valence electrons. The van der Waals surface area contributed by atoms with Gasteiger partial charge in [-0.15, -0.1) is 0 Å². The third-order valence-corrected chi connectivity index (χ3v) is 5.04. The molecule has 0 fully saturated rings. The van der Waals surface area contributed by atoms with Gasteiger partial charge in [0.2, 0.25) is 5.88 Å². The van der Waals surface area contributed by atoms with Crippen molar-refractivity contribution >= 4 is 16.9 Å². The Morgan fingerprint density at radius 1 is 1.03 bits per heavy atom. The summed E-state index contributed by atoms with van der Waals surface area (Å²) in [6, 6.07) is 5.12. The number of carbonyl (C=O) groups is 1. The maximum absolute atomic E-state index is 14.1. The van der Waals surface area contributed by atoms with Gasteiger partial charge in [-0.25, -0.2) is 18.2 Å². The number of rotatable bonds is 6. The van der Waals surface area contributed by atoms with Gasteiger partial charge in [-0.3, -0.25) is 9.59 Å². The van der Waals surface area contributed by atoms with Crippen LogP contribution in [0.3, 0.4) is 0 Å². The van der Waals surface area contributed by atoms with Crippen molar-refractivity contribution in [2.24, 2.45) is 0 Å². The maximum atomic E-state index is 14.1. The molecule has 0 unspecified atom stereocenters. The summed E-state index contributed by atoms with van der Waals surface area (Å²) in [4.78, 5) is 30.3. The standard InChI is InChI=1S/C23H13F6N3O4/c24-12-5-17(25)15(18(26)6-12)9-32-10-31-21(35)14-7-13(1-2-19(14)32)36-22-16(23(27,28)29)3-11(8-30-22)4-20(33)34/h1-3,5-8,10H,4,9H2,(H,33,34). The minimum atomic E-state index is -4.93. The van der Waals surface area contributed by atoms with Gasteiger partial charge in [0.25, 0.3) is 5.56 Å². The van der Waals surface area contributed by atoms with Crippen LogP contribution in [0.5, 0.6) is 11.6 Å². The molecule has 0 aliphatic rings.